The van der Waals surface area contributed by atoms with E-state index in [4.69, 9.17) is 0 Å². The summed E-state index contributed by atoms with van der Waals surface area (Å²) in [6.07, 6.45) is 2.89. The molecule has 2 aromatic carbocycles. The molecule has 2 aromatic heterocycles. The van der Waals surface area contributed by atoms with E-state index in [9.17, 15) is 4.79 Å². The molecule has 0 spiro atoms. The highest BCUT2D eigenvalue weighted by Crippen LogP contribution is 2.26. The minimum absolute atomic E-state index is 0.00392. The van der Waals surface area contributed by atoms with Crippen LogP contribution in [-0.2, 0) is 18.3 Å². The van der Waals surface area contributed by atoms with Gasteiger partial charge in [0.15, 0.2) is 11.0 Å². The van der Waals surface area contributed by atoms with Crippen LogP contribution < -0.4 is 5.32 Å². The molecule has 0 bridgehead atoms. The largest absolute Gasteiger partial charge is 0.349 e. The molecular formula is C25H26N4OS2. The van der Waals surface area contributed by atoms with Crippen molar-refractivity contribution in [3.63, 3.8) is 0 Å². The van der Waals surface area contributed by atoms with E-state index in [1.807, 2.05) is 53.4 Å². The number of thioether (sulfide) groups is 1. The van der Waals surface area contributed by atoms with E-state index in [-0.39, 0.29) is 11.9 Å². The average molecular weight is 463 g/mol. The molecule has 0 fully saturated rings. The van der Waals surface area contributed by atoms with E-state index in [1.165, 1.54) is 17.3 Å². The van der Waals surface area contributed by atoms with Gasteiger partial charge in [0, 0.05) is 7.05 Å². The second kappa shape index (κ2) is 11.1. The summed E-state index contributed by atoms with van der Waals surface area (Å²) in [5.41, 5.74) is 2.46. The molecule has 4 aromatic rings. The lowest BCUT2D eigenvalue weighted by atomic mass is 9.99. The summed E-state index contributed by atoms with van der Waals surface area (Å²) < 4.78 is 1.94. The number of nitrogens with zero attached hydrogens (tertiary/aromatic N) is 3. The number of hydrogen-bond acceptors (Lipinski definition) is 5. The number of thiophene rings is 1. The predicted octanol–water partition coefficient (Wildman–Crippen LogP) is 5.52. The van der Waals surface area contributed by atoms with E-state index >= 15 is 0 Å². The molecule has 1 N–H and O–H groups in total. The summed E-state index contributed by atoms with van der Waals surface area (Å²) in [4.78, 5) is 13.9. The first-order chi connectivity index (χ1) is 15.7. The molecule has 0 radical (unpaired) electrons. The molecule has 32 heavy (non-hydrogen) atoms. The van der Waals surface area contributed by atoms with Crippen LogP contribution in [0, 0.1) is 0 Å². The van der Waals surface area contributed by atoms with Crippen molar-refractivity contribution < 1.29 is 4.79 Å². The van der Waals surface area contributed by atoms with Gasteiger partial charge in [0.05, 0.1) is 16.7 Å². The number of carbonyl (C=O) groups excluding carboxylic acids is 1. The zero-order valence-corrected chi connectivity index (χ0v) is 19.6. The van der Waals surface area contributed by atoms with Gasteiger partial charge in [-0.15, -0.1) is 21.5 Å². The standard InChI is InChI=1S/C25H26N4OS2/c1-29-24(22-16-9-17-31-22)27-28-25(29)32-18-23(30)26-21(20-13-6-3-7-14-20)15-8-12-19-10-4-2-5-11-19/h2-7,9-11,13-14,16-17,21H,8,12,15,18H2,1H3,(H,26,30). The Morgan fingerprint density at radius 1 is 1.03 bits per heavy atom. The Morgan fingerprint density at radius 3 is 2.50 bits per heavy atom. The Kier molecular flexibility index (Phi) is 7.74. The van der Waals surface area contributed by atoms with Crippen molar-refractivity contribution in [2.24, 2.45) is 7.05 Å². The summed E-state index contributed by atoms with van der Waals surface area (Å²) in [7, 11) is 1.94. The van der Waals surface area contributed by atoms with E-state index < -0.39 is 0 Å². The van der Waals surface area contributed by atoms with Crippen molar-refractivity contribution in [2.45, 2.75) is 30.5 Å². The van der Waals surface area contributed by atoms with Gasteiger partial charge >= 0.3 is 0 Å². The molecule has 5 nitrogen and oxygen atoms in total. The quantitative estimate of drug-likeness (QED) is 0.316. The zero-order valence-electron chi connectivity index (χ0n) is 18.0. The van der Waals surface area contributed by atoms with Crippen molar-refractivity contribution in [1.29, 1.82) is 0 Å². The third-order valence-corrected chi connectivity index (χ3v) is 7.13. The van der Waals surface area contributed by atoms with Gasteiger partial charge in [0.2, 0.25) is 5.91 Å². The van der Waals surface area contributed by atoms with Crippen LogP contribution in [0.5, 0.6) is 0 Å². The van der Waals surface area contributed by atoms with Crippen molar-refractivity contribution in [1.82, 2.24) is 20.1 Å². The molecular weight excluding hydrogens is 436 g/mol. The molecule has 1 amide bonds. The predicted molar refractivity (Wildman–Crippen MR) is 132 cm³/mol. The topological polar surface area (TPSA) is 59.8 Å². The minimum Gasteiger partial charge on any atom is -0.349 e. The van der Waals surface area contributed by atoms with Gasteiger partial charge in [-0.25, -0.2) is 0 Å². The highest BCUT2D eigenvalue weighted by Gasteiger charge is 2.17. The minimum atomic E-state index is -0.00538. The number of hydrogen-bond donors (Lipinski definition) is 1. The van der Waals surface area contributed by atoms with Gasteiger partial charge in [-0.3, -0.25) is 4.79 Å². The van der Waals surface area contributed by atoms with Gasteiger partial charge in [0.25, 0.3) is 0 Å². The van der Waals surface area contributed by atoms with E-state index in [0.29, 0.717) is 5.75 Å². The second-order valence-corrected chi connectivity index (χ2v) is 9.43. The third-order valence-electron chi connectivity index (χ3n) is 5.25. The average Bonchev–Trinajstić information content (AvgIpc) is 3.48. The van der Waals surface area contributed by atoms with Crippen LogP contribution in [0.4, 0.5) is 0 Å². The van der Waals surface area contributed by atoms with Crippen molar-refractivity contribution in [3.05, 3.63) is 89.3 Å². The lowest BCUT2D eigenvalue weighted by Crippen LogP contribution is -2.30. The Bertz CT molecular complexity index is 1110. The molecule has 7 heteroatoms. The number of aromatic nitrogens is 3. The molecule has 1 unspecified atom stereocenters. The number of aryl methyl sites for hydroxylation is 1. The molecule has 0 saturated carbocycles. The lowest BCUT2D eigenvalue weighted by Gasteiger charge is -2.19. The molecule has 0 saturated heterocycles. The van der Waals surface area contributed by atoms with Crippen LogP contribution in [0.15, 0.2) is 83.3 Å². The maximum absolute atomic E-state index is 12.8. The van der Waals surface area contributed by atoms with Crippen LogP contribution in [0.1, 0.15) is 30.0 Å². The van der Waals surface area contributed by atoms with Gasteiger partial charge in [-0.2, -0.15) is 0 Å². The Labute approximate surface area is 196 Å². The maximum Gasteiger partial charge on any atom is 0.230 e. The van der Waals surface area contributed by atoms with Gasteiger partial charge in [-0.1, -0.05) is 78.5 Å². The Hall–Kier alpha value is -2.90. The van der Waals surface area contributed by atoms with Gasteiger partial charge < -0.3 is 9.88 Å². The first-order valence-corrected chi connectivity index (χ1v) is 12.5. The molecule has 2 heterocycles. The van der Waals surface area contributed by atoms with E-state index in [0.717, 1.165) is 40.7 Å². The summed E-state index contributed by atoms with van der Waals surface area (Å²) in [5.74, 6) is 1.13. The van der Waals surface area contributed by atoms with E-state index in [2.05, 4.69) is 51.9 Å². The van der Waals surface area contributed by atoms with Crippen LogP contribution >= 0.6 is 23.1 Å². The fraction of sp³-hybridized carbons (Fsp3) is 0.240. The second-order valence-electron chi connectivity index (χ2n) is 7.54. The third kappa shape index (κ3) is 5.87. The summed E-state index contributed by atoms with van der Waals surface area (Å²) in [6.45, 7) is 0. The number of nitrogens with one attached hydrogen (secondary N) is 1. The van der Waals surface area contributed by atoms with Gasteiger partial charge in [-0.05, 0) is 41.8 Å². The smallest absolute Gasteiger partial charge is 0.230 e. The number of benzene rings is 2. The number of carbonyl (C=O) groups is 1. The van der Waals surface area contributed by atoms with Crippen molar-refractivity contribution in [2.75, 3.05) is 5.75 Å². The SMILES string of the molecule is Cn1c(SCC(=O)NC(CCCc2ccccc2)c2ccccc2)nnc1-c1cccs1. The van der Waals surface area contributed by atoms with Crippen LogP contribution in [0.2, 0.25) is 0 Å². The Balaban J connectivity index is 1.35. The normalized spacial score (nSPS) is 11.9. The lowest BCUT2D eigenvalue weighted by molar-refractivity contribution is -0.119. The van der Waals surface area contributed by atoms with Crippen LogP contribution in [-0.4, -0.2) is 26.4 Å². The molecule has 164 valence electrons. The van der Waals surface area contributed by atoms with Gasteiger partial charge in [0.1, 0.15) is 0 Å². The highest BCUT2D eigenvalue weighted by molar-refractivity contribution is 7.99. The number of amides is 1. The molecule has 0 aliphatic rings. The summed E-state index contributed by atoms with van der Waals surface area (Å²) >= 11 is 3.04. The summed E-state index contributed by atoms with van der Waals surface area (Å²) in [5, 5.41) is 14.5. The molecule has 0 aliphatic heterocycles. The van der Waals surface area contributed by atoms with Crippen LogP contribution in [0.25, 0.3) is 10.7 Å². The fourth-order valence-corrected chi connectivity index (χ4v) is 5.06. The fourth-order valence-electron chi connectivity index (χ4n) is 3.59. The highest BCUT2D eigenvalue weighted by atomic mass is 32.2. The van der Waals surface area contributed by atoms with Crippen molar-refractivity contribution >= 4 is 29.0 Å². The summed E-state index contributed by atoms with van der Waals surface area (Å²) in [6, 6.07) is 24.7. The molecule has 0 aliphatic carbocycles. The Morgan fingerprint density at radius 2 is 1.78 bits per heavy atom. The van der Waals surface area contributed by atoms with E-state index in [1.54, 1.807) is 11.3 Å². The van der Waals surface area contributed by atoms with Crippen molar-refractivity contribution in [3.8, 4) is 10.7 Å². The molecule has 4 rings (SSSR count). The first kappa shape index (κ1) is 22.3. The molecule has 1 atom stereocenters. The maximum atomic E-state index is 12.8. The zero-order chi connectivity index (χ0) is 22.2. The first-order valence-electron chi connectivity index (χ1n) is 10.6. The monoisotopic (exact) mass is 462 g/mol. The van der Waals surface area contributed by atoms with Crippen LogP contribution in [0.3, 0.4) is 0 Å². The number of rotatable bonds is 10.